The fourth-order valence-corrected chi connectivity index (χ4v) is 1.47. The zero-order valence-corrected chi connectivity index (χ0v) is 8.99. The number of halogens is 3. The largest absolute Gasteiger partial charge is 0.416 e. The van der Waals surface area contributed by atoms with Gasteiger partial charge in [0.05, 0.1) is 5.56 Å². The molecule has 2 nitrogen and oxygen atoms in total. The fourth-order valence-electron chi connectivity index (χ4n) is 1.47. The van der Waals surface area contributed by atoms with Crippen LogP contribution in [0.4, 0.5) is 13.2 Å². The van der Waals surface area contributed by atoms with Gasteiger partial charge in [-0.3, -0.25) is 5.01 Å². The first-order valence-corrected chi connectivity index (χ1v) is 4.88. The van der Waals surface area contributed by atoms with E-state index in [4.69, 9.17) is 0 Å². The highest BCUT2D eigenvalue weighted by Gasteiger charge is 2.29. The van der Waals surface area contributed by atoms with Crippen LogP contribution in [0.3, 0.4) is 0 Å². The number of hydrogen-bond acceptors (Lipinski definition) is 2. The predicted molar refractivity (Wildman–Crippen MR) is 59.2 cm³/mol. The molecule has 1 heterocycles. The van der Waals surface area contributed by atoms with Crippen molar-refractivity contribution >= 4 is 11.4 Å². The van der Waals surface area contributed by atoms with Gasteiger partial charge in [-0.05, 0) is 17.7 Å². The zero-order chi connectivity index (χ0) is 12.5. The van der Waals surface area contributed by atoms with Gasteiger partial charge in [0.15, 0.2) is 0 Å². The molecule has 0 spiro atoms. The van der Waals surface area contributed by atoms with E-state index in [1.165, 1.54) is 12.1 Å². The second-order valence-corrected chi connectivity index (χ2v) is 3.61. The molecule has 0 saturated heterocycles. The van der Waals surface area contributed by atoms with E-state index in [0.717, 1.165) is 17.7 Å². The van der Waals surface area contributed by atoms with Gasteiger partial charge in [0.1, 0.15) is 0 Å². The smallest absolute Gasteiger partial charge is 0.267 e. The lowest BCUT2D eigenvalue weighted by Gasteiger charge is -2.12. The molecule has 0 saturated carbocycles. The Labute approximate surface area is 96.4 Å². The maximum absolute atomic E-state index is 12.4. The molecule has 0 aliphatic carbocycles. The summed E-state index contributed by atoms with van der Waals surface area (Å²) >= 11 is 0. The topological polar surface area (TPSA) is 15.6 Å². The average Bonchev–Trinajstić information content (AvgIpc) is 2.28. The summed E-state index contributed by atoms with van der Waals surface area (Å²) in [5.74, 6) is 2.66. The molecule has 2 rings (SSSR count). The van der Waals surface area contributed by atoms with E-state index in [1.807, 2.05) is 0 Å². The minimum atomic E-state index is -4.30. The van der Waals surface area contributed by atoms with E-state index in [-0.39, 0.29) is 0 Å². The third kappa shape index (κ3) is 2.57. The van der Waals surface area contributed by atoms with E-state index in [9.17, 15) is 13.2 Å². The molecule has 1 aliphatic rings. The van der Waals surface area contributed by atoms with Crippen molar-refractivity contribution < 1.29 is 13.2 Å². The number of hydrazone groups is 1. The maximum Gasteiger partial charge on any atom is 0.416 e. The van der Waals surface area contributed by atoms with Gasteiger partial charge in [0.25, 0.3) is 0 Å². The first-order valence-electron chi connectivity index (χ1n) is 4.88. The maximum atomic E-state index is 12.4. The molecule has 0 aromatic heterocycles. The minimum absolute atomic E-state index is 0.649. The van der Waals surface area contributed by atoms with Crippen LogP contribution in [-0.2, 0) is 6.18 Å². The molecule has 0 atom stereocenters. The van der Waals surface area contributed by atoms with E-state index in [0.29, 0.717) is 5.56 Å². The molecule has 5 heteroatoms. The number of alkyl halides is 3. The van der Waals surface area contributed by atoms with E-state index in [1.54, 1.807) is 24.3 Å². The first kappa shape index (κ1) is 11.5. The van der Waals surface area contributed by atoms with Gasteiger partial charge in [-0.25, -0.2) is 0 Å². The van der Waals surface area contributed by atoms with Gasteiger partial charge in [0, 0.05) is 30.8 Å². The third-order valence-corrected chi connectivity index (χ3v) is 2.31. The quantitative estimate of drug-likeness (QED) is 0.733. The van der Waals surface area contributed by atoms with Crippen molar-refractivity contribution in [3.8, 4) is 0 Å². The Kier molecular flexibility index (Phi) is 2.77. The molecule has 0 N–H and O–H groups in total. The van der Waals surface area contributed by atoms with Crippen LogP contribution < -0.4 is 0 Å². The highest BCUT2D eigenvalue weighted by atomic mass is 19.4. The molecule has 1 aromatic carbocycles. The lowest BCUT2D eigenvalue weighted by molar-refractivity contribution is -0.137. The van der Waals surface area contributed by atoms with Gasteiger partial charge in [-0.1, -0.05) is 12.1 Å². The van der Waals surface area contributed by atoms with E-state index < -0.39 is 11.7 Å². The number of nitrogens with zero attached hydrogens (tertiary/aromatic N) is 2. The second-order valence-electron chi connectivity index (χ2n) is 3.61. The van der Waals surface area contributed by atoms with Gasteiger partial charge in [0.2, 0.25) is 0 Å². The molecule has 88 valence electrons. The summed E-state index contributed by atoms with van der Waals surface area (Å²) in [6, 6.07) is 5.00. The van der Waals surface area contributed by atoms with E-state index >= 15 is 0 Å². The number of hydrogen-bond donors (Lipinski definition) is 0. The lowest BCUT2D eigenvalue weighted by Crippen LogP contribution is -2.06. The van der Waals surface area contributed by atoms with Crippen molar-refractivity contribution in [3.05, 3.63) is 47.7 Å². The molecule has 1 aliphatic heterocycles. The molecule has 17 heavy (non-hydrogen) atoms. The molecular weight excluding hydrogens is 229 g/mol. The van der Waals surface area contributed by atoms with Gasteiger partial charge < -0.3 is 0 Å². The van der Waals surface area contributed by atoms with Gasteiger partial charge in [-0.15, -0.1) is 5.10 Å². The average molecular weight is 238 g/mol. The predicted octanol–water partition coefficient (Wildman–Crippen LogP) is 3.13. The molecule has 0 amide bonds. The summed E-state index contributed by atoms with van der Waals surface area (Å²) in [4.78, 5) is 0. The minimum Gasteiger partial charge on any atom is -0.267 e. The highest BCUT2D eigenvalue weighted by molar-refractivity contribution is 5.83. The van der Waals surface area contributed by atoms with Crippen LogP contribution in [0.5, 0.6) is 0 Å². The van der Waals surface area contributed by atoms with Gasteiger partial charge in [-0.2, -0.15) is 13.2 Å². The summed E-state index contributed by atoms with van der Waals surface area (Å²) in [6.45, 7) is 0. The van der Waals surface area contributed by atoms with Gasteiger partial charge >= 0.3 is 6.18 Å². The van der Waals surface area contributed by atoms with Crippen LogP contribution in [0.2, 0.25) is 0 Å². The Morgan fingerprint density at radius 1 is 1.18 bits per heavy atom. The van der Waals surface area contributed by atoms with Crippen LogP contribution in [0.15, 0.2) is 41.6 Å². The van der Waals surface area contributed by atoms with Crippen LogP contribution in [0.1, 0.15) is 11.1 Å². The SMILES string of the molecule is CN1C=C(c2ccc(C(F)(F)F)cc2)C=C=N1. The lowest BCUT2D eigenvalue weighted by atomic mass is 10.0. The Balaban J connectivity index is 2.31. The first-order chi connectivity index (χ1) is 7.97. The molecule has 0 unspecified atom stereocenters. The monoisotopic (exact) mass is 238 g/mol. The van der Waals surface area contributed by atoms with Crippen molar-refractivity contribution in [3.63, 3.8) is 0 Å². The summed E-state index contributed by atoms with van der Waals surface area (Å²) in [5, 5.41) is 5.38. The van der Waals surface area contributed by atoms with Crippen LogP contribution >= 0.6 is 0 Å². The van der Waals surface area contributed by atoms with Crippen molar-refractivity contribution in [1.29, 1.82) is 0 Å². The van der Waals surface area contributed by atoms with Crippen molar-refractivity contribution in [2.45, 2.75) is 6.18 Å². The van der Waals surface area contributed by atoms with Crippen LogP contribution in [0, 0.1) is 0 Å². The molecular formula is C12H9F3N2. The number of benzene rings is 1. The number of rotatable bonds is 1. The summed E-state index contributed by atoms with van der Waals surface area (Å²) in [6.07, 6.45) is -0.949. The number of allylic oxidation sites excluding steroid dienone is 2. The normalized spacial score (nSPS) is 15.1. The molecule has 0 radical (unpaired) electrons. The summed E-state index contributed by atoms with van der Waals surface area (Å²) in [7, 11) is 1.73. The van der Waals surface area contributed by atoms with Crippen LogP contribution in [0.25, 0.3) is 5.57 Å². The Bertz CT molecular complexity index is 506. The van der Waals surface area contributed by atoms with Crippen molar-refractivity contribution in [2.24, 2.45) is 5.10 Å². The second kappa shape index (κ2) is 4.11. The van der Waals surface area contributed by atoms with Crippen molar-refractivity contribution in [2.75, 3.05) is 7.05 Å². The summed E-state index contributed by atoms with van der Waals surface area (Å²) in [5.41, 5.74) is 0.826. The summed E-state index contributed by atoms with van der Waals surface area (Å²) < 4.78 is 37.1. The fraction of sp³-hybridized carbons (Fsp3) is 0.167. The standard InChI is InChI=1S/C12H9F3N2/c1-17-8-10(6-7-16-17)9-2-4-11(5-3-9)12(13,14)15/h2-6,8H,1H3. The molecule has 0 fully saturated rings. The third-order valence-electron chi connectivity index (χ3n) is 2.31. The Hall–Kier alpha value is -2.00. The van der Waals surface area contributed by atoms with E-state index in [2.05, 4.69) is 11.0 Å². The zero-order valence-electron chi connectivity index (χ0n) is 8.99. The molecule has 1 aromatic rings. The molecule has 0 bridgehead atoms. The van der Waals surface area contributed by atoms with Crippen LogP contribution in [-0.4, -0.2) is 17.9 Å². The Morgan fingerprint density at radius 3 is 2.35 bits per heavy atom. The van der Waals surface area contributed by atoms with Crippen molar-refractivity contribution in [1.82, 2.24) is 5.01 Å². The highest BCUT2D eigenvalue weighted by Crippen LogP contribution is 2.30. The Morgan fingerprint density at radius 2 is 1.82 bits per heavy atom.